The first-order chi connectivity index (χ1) is 4.93. The quantitative estimate of drug-likeness (QED) is 0.584. The molecule has 10 heavy (non-hydrogen) atoms. The fourth-order valence-corrected chi connectivity index (χ4v) is 1.20. The summed E-state index contributed by atoms with van der Waals surface area (Å²) in [5, 5.41) is 1.14. The molecule has 0 bridgehead atoms. The molecule has 1 aliphatic carbocycles. The van der Waals surface area contributed by atoms with E-state index in [1.807, 2.05) is 0 Å². The molecule has 0 unspecified atom stereocenters. The Bertz CT molecular complexity index is 175. The van der Waals surface area contributed by atoms with E-state index in [0.29, 0.717) is 0 Å². The van der Waals surface area contributed by atoms with Crippen molar-refractivity contribution in [2.24, 2.45) is 0 Å². The Kier molecular flexibility index (Phi) is 3.53. The molecule has 0 aliphatic heterocycles. The van der Waals surface area contributed by atoms with Crippen molar-refractivity contribution in [3.05, 3.63) is 36.0 Å². The van der Waals surface area contributed by atoms with Crippen molar-refractivity contribution in [2.45, 2.75) is 17.7 Å². The topological polar surface area (TPSA) is 0 Å². The van der Waals surface area contributed by atoms with Gasteiger partial charge in [-0.05, 0) is 0 Å². The number of allylic oxidation sites excluding steroid dienone is 6. The third-order valence-electron chi connectivity index (χ3n) is 1.34. The number of hydrogen-bond acceptors (Lipinski definition) is 0. The van der Waals surface area contributed by atoms with Gasteiger partial charge in [-0.3, -0.25) is 0 Å². The minimum atomic E-state index is 1.12. The molecule has 0 radical (unpaired) electrons. The molecule has 0 amide bonds. The summed E-state index contributed by atoms with van der Waals surface area (Å²) in [5.41, 5.74) is 1.43. The van der Waals surface area contributed by atoms with E-state index in [1.54, 1.807) is 14.4 Å². The van der Waals surface area contributed by atoms with Crippen LogP contribution < -0.4 is 0 Å². The summed E-state index contributed by atoms with van der Waals surface area (Å²) in [4.78, 5) is 0. The number of hydrogen-bond donors (Lipinski definition) is 0. The summed E-state index contributed by atoms with van der Waals surface area (Å²) in [6, 6.07) is 0. The third kappa shape index (κ3) is 2.53. The summed E-state index contributed by atoms with van der Waals surface area (Å²) >= 11 is 1.70. The van der Waals surface area contributed by atoms with E-state index in [0.717, 1.165) is 11.8 Å². The van der Waals surface area contributed by atoms with E-state index < -0.39 is 0 Å². The Morgan fingerprint density at radius 1 is 1.70 bits per heavy atom. The zero-order valence-corrected chi connectivity index (χ0v) is 7.10. The van der Waals surface area contributed by atoms with Gasteiger partial charge in [-0.25, -0.2) is 0 Å². The summed E-state index contributed by atoms with van der Waals surface area (Å²) < 4.78 is 0. The molecule has 0 heterocycles. The molecule has 1 aliphatic rings. The van der Waals surface area contributed by atoms with E-state index in [-0.39, 0.29) is 0 Å². The predicted octanol–water partition coefficient (Wildman–Crippen LogP) is 2.98. The second-order valence-electron chi connectivity index (χ2n) is 2.13. The van der Waals surface area contributed by atoms with Crippen LogP contribution in [0, 0.1) is 0 Å². The molecule has 0 nitrogen and oxygen atoms in total. The second kappa shape index (κ2) is 4.52. The Morgan fingerprint density at radius 3 is 3.20 bits per heavy atom. The van der Waals surface area contributed by atoms with Gasteiger partial charge in [-0.15, -0.1) is 0 Å². The van der Waals surface area contributed by atoms with Crippen molar-refractivity contribution < 1.29 is 14.4 Å². The van der Waals surface area contributed by atoms with E-state index >= 15 is 0 Å². The maximum absolute atomic E-state index is 2.22. The molecule has 58 valence electrons. The van der Waals surface area contributed by atoms with Crippen LogP contribution in [0.25, 0.3) is 0 Å². The summed E-state index contributed by atoms with van der Waals surface area (Å²) in [6.07, 6.45) is 12.0. The standard InChI is InChI=1S/C8H9.CH3.Ni/c1-2-5-8-6-3-4-7-8;;/h2-6H,1,7H2;1H3;. The minimum absolute atomic E-state index is 1.12. The van der Waals surface area contributed by atoms with Gasteiger partial charge in [0, 0.05) is 0 Å². The normalized spacial score (nSPS) is 17.1. The predicted molar refractivity (Wildman–Crippen MR) is 41.7 cm³/mol. The first-order valence-corrected chi connectivity index (χ1v) is 4.97. The van der Waals surface area contributed by atoms with Gasteiger partial charge < -0.3 is 0 Å². The van der Waals surface area contributed by atoms with Crippen LogP contribution in [0.5, 0.6) is 0 Å². The van der Waals surface area contributed by atoms with Gasteiger partial charge in [0.15, 0.2) is 0 Å². The van der Waals surface area contributed by atoms with Crippen molar-refractivity contribution in [2.75, 3.05) is 0 Å². The fraction of sp³-hybridized carbons (Fsp3) is 0.333. The molecule has 0 spiro atoms. The molecule has 0 fully saturated rings. The SMILES string of the molecule is [CH3][Ni][CH2]C=CC1=CC=CC1. The third-order valence-corrected chi connectivity index (χ3v) is 1.97. The van der Waals surface area contributed by atoms with Crippen LogP contribution in [0.3, 0.4) is 0 Å². The first-order valence-electron chi connectivity index (χ1n) is 3.29. The Balaban J connectivity index is 2.25. The van der Waals surface area contributed by atoms with Gasteiger partial charge in [0.05, 0.1) is 0 Å². The molecule has 0 N–H and O–H groups in total. The van der Waals surface area contributed by atoms with Crippen LogP contribution in [0.4, 0.5) is 0 Å². The van der Waals surface area contributed by atoms with Crippen molar-refractivity contribution in [3.8, 4) is 0 Å². The van der Waals surface area contributed by atoms with E-state index in [4.69, 9.17) is 0 Å². The van der Waals surface area contributed by atoms with Crippen LogP contribution in [0.1, 0.15) is 6.42 Å². The maximum atomic E-state index is 2.22. The van der Waals surface area contributed by atoms with Crippen LogP contribution in [-0.4, -0.2) is 0 Å². The average Bonchev–Trinajstić information content (AvgIpc) is 2.41. The second-order valence-corrected chi connectivity index (χ2v) is 3.23. The molecule has 0 saturated heterocycles. The molecule has 0 atom stereocenters. The first kappa shape index (κ1) is 7.82. The van der Waals surface area contributed by atoms with Gasteiger partial charge in [0.25, 0.3) is 0 Å². The summed E-state index contributed by atoms with van der Waals surface area (Å²) in [6.45, 7) is 0. The molecule has 1 rings (SSSR count). The molecule has 0 aromatic carbocycles. The Morgan fingerprint density at radius 2 is 2.60 bits per heavy atom. The van der Waals surface area contributed by atoms with Crippen molar-refractivity contribution in [1.29, 1.82) is 0 Å². The zero-order chi connectivity index (χ0) is 7.23. The van der Waals surface area contributed by atoms with E-state index in [1.165, 1.54) is 5.57 Å². The molecule has 0 aromatic rings. The molecular weight excluding hydrogens is 167 g/mol. The van der Waals surface area contributed by atoms with Crippen LogP contribution in [-0.2, 0) is 14.4 Å². The molecular formula is C9H12Ni. The van der Waals surface area contributed by atoms with E-state index in [2.05, 4.69) is 36.3 Å². The fourth-order valence-electron chi connectivity index (χ4n) is 0.851. The van der Waals surface area contributed by atoms with Crippen molar-refractivity contribution >= 4 is 0 Å². The monoisotopic (exact) mass is 178 g/mol. The summed E-state index contributed by atoms with van der Waals surface area (Å²) in [7, 11) is 0. The van der Waals surface area contributed by atoms with Crippen molar-refractivity contribution in [1.82, 2.24) is 0 Å². The molecule has 0 aromatic heterocycles. The summed E-state index contributed by atoms with van der Waals surface area (Å²) in [5.74, 6) is 2.14. The van der Waals surface area contributed by atoms with Gasteiger partial charge >= 0.3 is 68.1 Å². The van der Waals surface area contributed by atoms with Gasteiger partial charge in [-0.2, -0.15) is 0 Å². The van der Waals surface area contributed by atoms with Gasteiger partial charge in [0.1, 0.15) is 0 Å². The van der Waals surface area contributed by atoms with Crippen LogP contribution in [0.15, 0.2) is 36.0 Å². The molecule has 1 heteroatoms. The Hall–Kier alpha value is -0.286. The average molecular weight is 179 g/mol. The van der Waals surface area contributed by atoms with Crippen LogP contribution in [0.2, 0.25) is 11.3 Å². The van der Waals surface area contributed by atoms with Gasteiger partial charge in [0.2, 0.25) is 0 Å². The van der Waals surface area contributed by atoms with Gasteiger partial charge in [-0.1, -0.05) is 0 Å². The van der Waals surface area contributed by atoms with Crippen LogP contribution >= 0.6 is 0 Å². The number of rotatable bonds is 3. The van der Waals surface area contributed by atoms with E-state index in [9.17, 15) is 0 Å². The Labute approximate surface area is 68.5 Å². The van der Waals surface area contributed by atoms with Crippen molar-refractivity contribution in [3.63, 3.8) is 0 Å². The molecule has 0 saturated carbocycles. The zero-order valence-electron chi connectivity index (χ0n) is 6.12.